The van der Waals surface area contributed by atoms with Gasteiger partial charge in [0.2, 0.25) is 5.91 Å². The van der Waals surface area contributed by atoms with Crippen molar-refractivity contribution in [3.8, 4) is 0 Å². The van der Waals surface area contributed by atoms with Crippen molar-refractivity contribution in [2.24, 2.45) is 17.1 Å². The molecule has 3 N–H and O–H groups in total. The Labute approximate surface area is 123 Å². The Hall–Kier alpha value is -0.610. The summed E-state index contributed by atoms with van der Waals surface area (Å²) in [7, 11) is 0. The van der Waals surface area contributed by atoms with Crippen molar-refractivity contribution in [1.82, 2.24) is 10.2 Å². The molecular formula is C16H31N3O. The number of carbonyl (C=O) groups excluding carboxylic acids is 1. The second-order valence-electron chi connectivity index (χ2n) is 7.21. The fourth-order valence-electron chi connectivity index (χ4n) is 3.82. The lowest BCUT2D eigenvalue weighted by Crippen LogP contribution is -2.42. The molecule has 2 rings (SSSR count). The van der Waals surface area contributed by atoms with Crippen LogP contribution in [0.1, 0.15) is 51.9 Å². The van der Waals surface area contributed by atoms with Crippen LogP contribution in [-0.2, 0) is 4.79 Å². The van der Waals surface area contributed by atoms with Crippen LogP contribution in [0, 0.1) is 11.3 Å². The van der Waals surface area contributed by atoms with Crippen molar-refractivity contribution in [3.63, 3.8) is 0 Å². The zero-order valence-corrected chi connectivity index (χ0v) is 13.0. The predicted molar refractivity (Wildman–Crippen MR) is 82.4 cm³/mol. The third kappa shape index (κ3) is 5.06. The minimum Gasteiger partial charge on any atom is -0.369 e. The van der Waals surface area contributed by atoms with Crippen molar-refractivity contribution < 1.29 is 4.79 Å². The molecule has 1 atom stereocenters. The van der Waals surface area contributed by atoms with E-state index in [-0.39, 0.29) is 5.91 Å². The molecule has 1 heterocycles. The second kappa shape index (κ2) is 7.41. The van der Waals surface area contributed by atoms with Crippen LogP contribution in [-0.4, -0.2) is 43.5 Å². The van der Waals surface area contributed by atoms with Crippen molar-refractivity contribution in [2.75, 3.05) is 32.7 Å². The highest BCUT2D eigenvalue weighted by Crippen LogP contribution is 2.28. The molecule has 1 aliphatic heterocycles. The molecule has 0 aromatic heterocycles. The van der Waals surface area contributed by atoms with E-state index >= 15 is 0 Å². The van der Waals surface area contributed by atoms with Crippen molar-refractivity contribution in [3.05, 3.63) is 0 Å². The first kappa shape index (κ1) is 15.8. The van der Waals surface area contributed by atoms with Gasteiger partial charge in [-0.05, 0) is 37.3 Å². The maximum Gasteiger partial charge on any atom is 0.231 e. The lowest BCUT2D eigenvalue weighted by molar-refractivity contribution is -0.119. The summed E-state index contributed by atoms with van der Waals surface area (Å²) in [5.74, 6) is 0.678. The van der Waals surface area contributed by atoms with Crippen molar-refractivity contribution in [2.45, 2.75) is 51.9 Å². The molecule has 1 aliphatic carbocycles. The van der Waals surface area contributed by atoms with Gasteiger partial charge >= 0.3 is 0 Å². The average molecular weight is 281 g/mol. The molecule has 1 unspecified atom stereocenters. The van der Waals surface area contributed by atoms with Crippen LogP contribution in [0.2, 0.25) is 0 Å². The van der Waals surface area contributed by atoms with E-state index < -0.39 is 0 Å². The van der Waals surface area contributed by atoms with Crippen LogP contribution in [0.4, 0.5) is 0 Å². The summed E-state index contributed by atoms with van der Waals surface area (Å²) in [6.45, 7) is 6.93. The van der Waals surface area contributed by atoms with Gasteiger partial charge in [-0.15, -0.1) is 0 Å². The van der Waals surface area contributed by atoms with Crippen molar-refractivity contribution in [1.29, 1.82) is 0 Å². The summed E-state index contributed by atoms with van der Waals surface area (Å²) in [5.41, 5.74) is 5.73. The van der Waals surface area contributed by atoms with Crippen LogP contribution in [0.15, 0.2) is 0 Å². The number of carbonyl (C=O) groups is 1. The molecule has 2 aliphatic rings. The highest BCUT2D eigenvalue weighted by Gasteiger charge is 2.31. The molecule has 0 spiro atoms. The van der Waals surface area contributed by atoms with E-state index in [1.807, 2.05) is 0 Å². The summed E-state index contributed by atoms with van der Waals surface area (Å²) in [4.78, 5) is 13.6. The molecule has 1 saturated heterocycles. The summed E-state index contributed by atoms with van der Waals surface area (Å²) in [6, 6.07) is 0. The number of amides is 1. The zero-order chi connectivity index (χ0) is 14.4. The summed E-state index contributed by atoms with van der Waals surface area (Å²) in [6.07, 6.45) is 9.38. The first-order chi connectivity index (χ1) is 9.57. The van der Waals surface area contributed by atoms with Gasteiger partial charge < -0.3 is 11.1 Å². The average Bonchev–Trinajstić information content (AvgIpc) is 2.83. The minimum absolute atomic E-state index is 0.191. The molecule has 1 saturated carbocycles. The van der Waals surface area contributed by atoms with E-state index in [0.29, 0.717) is 12.0 Å². The number of nitrogens with two attached hydrogens (primary N) is 1. The molecule has 0 aromatic carbocycles. The fraction of sp³-hybridized carbons (Fsp3) is 0.938. The number of rotatable bonds is 7. The zero-order valence-electron chi connectivity index (χ0n) is 13.0. The van der Waals surface area contributed by atoms with E-state index in [9.17, 15) is 4.79 Å². The molecule has 20 heavy (non-hydrogen) atoms. The molecule has 4 heteroatoms. The summed E-state index contributed by atoms with van der Waals surface area (Å²) >= 11 is 0. The highest BCUT2D eigenvalue weighted by atomic mass is 16.1. The van der Waals surface area contributed by atoms with Crippen LogP contribution in [0.5, 0.6) is 0 Å². The Morgan fingerprint density at radius 3 is 2.70 bits per heavy atom. The van der Waals surface area contributed by atoms with E-state index in [1.54, 1.807) is 0 Å². The Morgan fingerprint density at radius 1 is 1.35 bits per heavy atom. The molecule has 116 valence electrons. The van der Waals surface area contributed by atoms with Gasteiger partial charge in [-0.3, -0.25) is 9.69 Å². The number of hydrogen-bond acceptors (Lipinski definition) is 3. The van der Waals surface area contributed by atoms with Crippen LogP contribution >= 0.6 is 0 Å². The van der Waals surface area contributed by atoms with Gasteiger partial charge in [-0.2, -0.15) is 0 Å². The topological polar surface area (TPSA) is 58.4 Å². The van der Waals surface area contributed by atoms with Gasteiger partial charge in [0.25, 0.3) is 0 Å². The van der Waals surface area contributed by atoms with Crippen LogP contribution < -0.4 is 11.1 Å². The molecule has 0 bridgehead atoms. The summed E-state index contributed by atoms with van der Waals surface area (Å²) in [5, 5.41) is 3.43. The molecule has 4 nitrogen and oxygen atoms in total. The maximum atomic E-state index is 11.3. The quantitative estimate of drug-likeness (QED) is 0.747. The lowest BCUT2D eigenvalue weighted by atomic mass is 9.86. The van der Waals surface area contributed by atoms with Gasteiger partial charge in [-0.25, -0.2) is 0 Å². The molecule has 2 fully saturated rings. The first-order valence-electron chi connectivity index (χ1n) is 8.29. The lowest BCUT2D eigenvalue weighted by Gasteiger charge is -2.32. The standard InChI is InChI=1S/C16H31N3O/c1-16(8-9-18-12-16)13-19(11-15(17)20)10-7-14-5-3-2-4-6-14/h14,18H,2-13H2,1H3,(H2,17,20). The van der Waals surface area contributed by atoms with Gasteiger partial charge in [0.05, 0.1) is 6.54 Å². The van der Waals surface area contributed by atoms with Crippen LogP contribution in [0.25, 0.3) is 0 Å². The first-order valence-corrected chi connectivity index (χ1v) is 8.29. The Morgan fingerprint density at radius 2 is 2.10 bits per heavy atom. The van der Waals surface area contributed by atoms with Gasteiger partial charge in [0.1, 0.15) is 0 Å². The highest BCUT2D eigenvalue weighted by molar-refractivity contribution is 5.75. The van der Waals surface area contributed by atoms with Gasteiger partial charge in [-0.1, -0.05) is 39.0 Å². The molecule has 0 radical (unpaired) electrons. The Kier molecular flexibility index (Phi) is 5.85. The Balaban J connectivity index is 1.81. The second-order valence-corrected chi connectivity index (χ2v) is 7.21. The van der Waals surface area contributed by atoms with E-state index in [4.69, 9.17) is 5.73 Å². The molecular weight excluding hydrogens is 250 g/mol. The van der Waals surface area contributed by atoms with Crippen molar-refractivity contribution >= 4 is 5.91 Å². The number of nitrogens with zero attached hydrogens (tertiary/aromatic N) is 1. The SMILES string of the molecule is CC1(CN(CCC2CCCCC2)CC(N)=O)CCNC1. The number of hydrogen-bond donors (Lipinski definition) is 2. The molecule has 1 amide bonds. The number of nitrogens with one attached hydrogen (secondary N) is 1. The largest absolute Gasteiger partial charge is 0.369 e. The summed E-state index contributed by atoms with van der Waals surface area (Å²) < 4.78 is 0. The third-order valence-corrected chi connectivity index (χ3v) is 5.02. The maximum absolute atomic E-state index is 11.3. The molecule has 0 aromatic rings. The smallest absolute Gasteiger partial charge is 0.231 e. The normalized spacial score (nSPS) is 28.1. The third-order valence-electron chi connectivity index (χ3n) is 5.02. The predicted octanol–water partition coefficient (Wildman–Crippen LogP) is 1.74. The van der Waals surface area contributed by atoms with Gasteiger partial charge in [0.15, 0.2) is 0 Å². The Bertz CT molecular complexity index is 307. The van der Waals surface area contributed by atoms with E-state index in [2.05, 4.69) is 17.1 Å². The number of primary amides is 1. The van der Waals surface area contributed by atoms with E-state index in [1.165, 1.54) is 44.9 Å². The van der Waals surface area contributed by atoms with E-state index in [0.717, 1.165) is 32.1 Å². The van der Waals surface area contributed by atoms with Gasteiger partial charge in [0, 0.05) is 13.1 Å². The van der Waals surface area contributed by atoms with Crippen LogP contribution in [0.3, 0.4) is 0 Å². The fourth-order valence-corrected chi connectivity index (χ4v) is 3.82. The minimum atomic E-state index is -0.191. The monoisotopic (exact) mass is 281 g/mol.